The largest absolute Gasteiger partial charge is 0.493 e. The number of hydrogen-bond acceptors (Lipinski definition) is 4. The number of hydrogen-bond donors (Lipinski definition) is 1. The number of ether oxygens (including phenoxy) is 1. The third-order valence-corrected chi connectivity index (χ3v) is 2.93. The highest BCUT2D eigenvalue weighted by Gasteiger charge is 2.11. The van der Waals surface area contributed by atoms with Crippen molar-refractivity contribution in [1.29, 1.82) is 5.26 Å². The number of nitrogens with one attached hydrogen (secondary N) is 1. The molecule has 0 saturated carbocycles. The molecule has 0 saturated heterocycles. The Kier molecular flexibility index (Phi) is 2.66. The van der Waals surface area contributed by atoms with Crippen molar-refractivity contribution < 1.29 is 9.15 Å². The summed E-state index contributed by atoms with van der Waals surface area (Å²) in [6.45, 7) is 1.34. The molecule has 4 nitrogen and oxygen atoms in total. The zero-order valence-electron chi connectivity index (χ0n) is 9.77. The summed E-state index contributed by atoms with van der Waals surface area (Å²) in [6, 6.07) is 11.5. The summed E-state index contributed by atoms with van der Waals surface area (Å²) in [7, 11) is 0. The third kappa shape index (κ3) is 2.03. The molecule has 0 aliphatic carbocycles. The zero-order valence-corrected chi connectivity index (χ0v) is 9.77. The van der Waals surface area contributed by atoms with Gasteiger partial charge in [0.1, 0.15) is 17.6 Å². The Morgan fingerprint density at radius 1 is 1.28 bits per heavy atom. The first-order chi connectivity index (χ1) is 8.85. The SMILES string of the molecule is N#Cc1ccc(CNc2ccc3c(c2)CCO3)o1. The number of anilines is 1. The molecule has 90 valence electrons. The van der Waals surface area contributed by atoms with Crippen LogP contribution < -0.4 is 10.1 Å². The van der Waals surface area contributed by atoms with Crippen LogP contribution in [0.5, 0.6) is 5.75 Å². The Hall–Kier alpha value is -2.41. The monoisotopic (exact) mass is 240 g/mol. The summed E-state index contributed by atoms with van der Waals surface area (Å²) in [5.41, 5.74) is 2.27. The van der Waals surface area contributed by atoms with Gasteiger partial charge in [0.15, 0.2) is 0 Å². The van der Waals surface area contributed by atoms with E-state index in [0.717, 1.165) is 30.2 Å². The lowest BCUT2D eigenvalue weighted by atomic mass is 10.1. The maximum Gasteiger partial charge on any atom is 0.203 e. The number of nitriles is 1. The molecule has 0 atom stereocenters. The van der Waals surface area contributed by atoms with Gasteiger partial charge in [0.05, 0.1) is 13.2 Å². The fraction of sp³-hybridized carbons (Fsp3) is 0.214. The molecule has 0 bridgehead atoms. The Morgan fingerprint density at radius 2 is 2.22 bits per heavy atom. The number of nitrogens with zero attached hydrogens (tertiary/aromatic N) is 1. The molecule has 1 aromatic heterocycles. The number of furan rings is 1. The molecule has 1 aliphatic rings. The highest BCUT2D eigenvalue weighted by Crippen LogP contribution is 2.28. The molecule has 0 radical (unpaired) electrons. The zero-order chi connectivity index (χ0) is 12.4. The van der Waals surface area contributed by atoms with Crippen LogP contribution in [0.15, 0.2) is 34.7 Å². The Balaban J connectivity index is 1.68. The molecule has 1 aliphatic heterocycles. The van der Waals surface area contributed by atoms with Gasteiger partial charge in [-0.1, -0.05) is 0 Å². The highest BCUT2D eigenvalue weighted by molar-refractivity contribution is 5.52. The van der Waals surface area contributed by atoms with E-state index in [-0.39, 0.29) is 0 Å². The predicted octanol–water partition coefficient (Wildman–Crippen LogP) is 2.70. The first-order valence-electron chi connectivity index (χ1n) is 5.83. The number of fused-ring (bicyclic) bond motifs is 1. The Morgan fingerprint density at radius 3 is 3.06 bits per heavy atom. The second-order valence-corrected chi connectivity index (χ2v) is 4.15. The average molecular weight is 240 g/mol. The number of benzene rings is 1. The lowest BCUT2D eigenvalue weighted by molar-refractivity contribution is 0.357. The topological polar surface area (TPSA) is 58.2 Å². The van der Waals surface area contributed by atoms with Crippen LogP contribution in [-0.4, -0.2) is 6.61 Å². The van der Waals surface area contributed by atoms with E-state index >= 15 is 0 Å². The molecule has 2 aromatic rings. The van der Waals surface area contributed by atoms with Crippen molar-refractivity contribution in [2.24, 2.45) is 0 Å². The van der Waals surface area contributed by atoms with E-state index in [1.54, 1.807) is 6.07 Å². The number of rotatable bonds is 3. The molecule has 4 heteroatoms. The van der Waals surface area contributed by atoms with Crippen molar-refractivity contribution in [3.63, 3.8) is 0 Å². The van der Waals surface area contributed by atoms with Crippen LogP contribution in [0.2, 0.25) is 0 Å². The maximum absolute atomic E-state index is 8.66. The van der Waals surface area contributed by atoms with E-state index in [4.69, 9.17) is 14.4 Å². The van der Waals surface area contributed by atoms with Crippen molar-refractivity contribution >= 4 is 5.69 Å². The van der Waals surface area contributed by atoms with Crippen molar-refractivity contribution in [3.8, 4) is 11.8 Å². The standard InChI is InChI=1S/C14H12N2O2/c15-8-12-2-3-13(18-12)9-16-11-1-4-14-10(7-11)5-6-17-14/h1-4,7,16H,5-6,9H2. The molecule has 0 fully saturated rings. The minimum Gasteiger partial charge on any atom is -0.493 e. The summed E-state index contributed by atoms with van der Waals surface area (Å²) in [5, 5.41) is 11.9. The van der Waals surface area contributed by atoms with E-state index in [9.17, 15) is 0 Å². The quantitative estimate of drug-likeness (QED) is 0.896. The molecule has 3 rings (SSSR count). The minimum atomic E-state index is 0.342. The van der Waals surface area contributed by atoms with Crippen LogP contribution in [0.4, 0.5) is 5.69 Å². The lowest BCUT2D eigenvalue weighted by Gasteiger charge is -2.06. The molecular weight excluding hydrogens is 228 g/mol. The molecule has 1 N–H and O–H groups in total. The average Bonchev–Trinajstić information content (AvgIpc) is 3.04. The molecular formula is C14H12N2O2. The van der Waals surface area contributed by atoms with Gasteiger partial charge in [-0.05, 0) is 35.9 Å². The van der Waals surface area contributed by atoms with Crippen molar-refractivity contribution in [3.05, 3.63) is 47.4 Å². The summed E-state index contributed by atoms with van der Waals surface area (Å²) in [5.74, 6) is 2.07. The van der Waals surface area contributed by atoms with E-state index in [1.165, 1.54) is 5.56 Å². The third-order valence-electron chi connectivity index (χ3n) is 2.93. The lowest BCUT2D eigenvalue weighted by Crippen LogP contribution is -1.98. The van der Waals surface area contributed by atoms with Gasteiger partial charge in [0.25, 0.3) is 0 Å². The molecule has 0 amide bonds. The van der Waals surface area contributed by atoms with Gasteiger partial charge in [0, 0.05) is 12.1 Å². The van der Waals surface area contributed by atoms with Gasteiger partial charge in [0.2, 0.25) is 5.76 Å². The fourth-order valence-corrected chi connectivity index (χ4v) is 2.02. The van der Waals surface area contributed by atoms with Gasteiger partial charge in [-0.3, -0.25) is 0 Å². The van der Waals surface area contributed by atoms with E-state index in [0.29, 0.717) is 12.3 Å². The van der Waals surface area contributed by atoms with Crippen molar-refractivity contribution in [2.75, 3.05) is 11.9 Å². The molecule has 18 heavy (non-hydrogen) atoms. The van der Waals surface area contributed by atoms with Gasteiger partial charge >= 0.3 is 0 Å². The Bertz CT molecular complexity index is 610. The van der Waals surface area contributed by atoms with Gasteiger partial charge in [-0.15, -0.1) is 0 Å². The molecule has 2 heterocycles. The predicted molar refractivity (Wildman–Crippen MR) is 66.4 cm³/mol. The smallest absolute Gasteiger partial charge is 0.203 e. The van der Waals surface area contributed by atoms with Gasteiger partial charge < -0.3 is 14.5 Å². The van der Waals surface area contributed by atoms with Crippen LogP contribution in [0.25, 0.3) is 0 Å². The van der Waals surface area contributed by atoms with Gasteiger partial charge in [-0.25, -0.2) is 0 Å². The summed E-state index contributed by atoms with van der Waals surface area (Å²) in [4.78, 5) is 0. The first-order valence-corrected chi connectivity index (χ1v) is 5.83. The summed E-state index contributed by atoms with van der Waals surface area (Å²) in [6.07, 6.45) is 0.962. The normalized spacial score (nSPS) is 12.6. The van der Waals surface area contributed by atoms with Crippen molar-refractivity contribution in [1.82, 2.24) is 0 Å². The first kappa shape index (κ1) is 10.7. The second-order valence-electron chi connectivity index (χ2n) is 4.15. The summed E-state index contributed by atoms with van der Waals surface area (Å²) >= 11 is 0. The van der Waals surface area contributed by atoms with Crippen LogP contribution in [-0.2, 0) is 13.0 Å². The van der Waals surface area contributed by atoms with Crippen LogP contribution in [0.3, 0.4) is 0 Å². The highest BCUT2D eigenvalue weighted by atomic mass is 16.5. The van der Waals surface area contributed by atoms with Gasteiger partial charge in [-0.2, -0.15) is 5.26 Å². The Labute approximate surface area is 105 Å². The molecule has 0 unspecified atom stereocenters. The fourth-order valence-electron chi connectivity index (χ4n) is 2.02. The molecule has 1 aromatic carbocycles. The van der Waals surface area contributed by atoms with E-state index in [1.807, 2.05) is 24.3 Å². The van der Waals surface area contributed by atoms with Crippen LogP contribution in [0.1, 0.15) is 17.1 Å². The molecule has 0 spiro atoms. The van der Waals surface area contributed by atoms with Crippen LogP contribution in [0, 0.1) is 11.3 Å². The van der Waals surface area contributed by atoms with E-state index in [2.05, 4.69) is 11.4 Å². The second kappa shape index (κ2) is 4.46. The van der Waals surface area contributed by atoms with Crippen LogP contribution >= 0.6 is 0 Å². The summed E-state index contributed by atoms with van der Waals surface area (Å²) < 4.78 is 10.8. The maximum atomic E-state index is 8.66. The van der Waals surface area contributed by atoms with E-state index < -0.39 is 0 Å². The van der Waals surface area contributed by atoms with Crippen molar-refractivity contribution in [2.45, 2.75) is 13.0 Å². The minimum absolute atomic E-state index is 0.342.